The number of ether oxygens (including phenoxy) is 2. The van der Waals surface area contributed by atoms with Crippen LogP contribution >= 0.6 is 0 Å². The van der Waals surface area contributed by atoms with Gasteiger partial charge in [0.2, 0.25) is 0 Å². The minimum Gasteiger partial charge on any atom is -0.444 e. The normalized spacial score (nSPS) is 18.3. The third kappa shape index (κ3) is 8.22. The van der Waals surface area contributed by atoms with Crippen LogP contribution in [0.25, 0.3) is 0 Å². The number of amides is 2. The van der Waals surface area contributed by atoms with Gasteiger partial charge in [-0.05, 0) is 85.8 Å². The first-order valence-corrected chi connectivity index (χ1v) is 12.9. The number of carbonyl (C=O) groups excluding carboxylic acids is 2. The fourth-order valence-corrected chi connectivity index (χ4v) is 4.47. The number of rotatable bonds is 4. The molecule has 35 heavy (non-hydrogen) atoms. The molecule has 8 nitrogen and oxygen atoms in total. The van der Waals surface area contributed by atoms with Crippen molar-refractivity contribution in [1.29, 1.82) is 0 Å². The van der Waals surface area contributed by atoms with E-state index in [0.717, 1.165) is 37.1 Å². The van der Waals surface area contributed by atoms with Gasteiger partial charge in [0.1, 0.15) is 11.2 Å². The summed E-state index contributed by atoms with van der Waals surface area (Å²) >= 11 is 0. The second kappa shape index (κ2) is 11.0. The summed E-state index contributed by atoms with van der Waals surface area (Å²) in [5.41, 5.74) is 2.46. The molecule has 3 rings (SSSR count). The van der Waals surface area contributed by atoms with E-state index in [2.05, 4.69) is 35.8 Å². The van der Waals surface area contributed by atoms with Crippen LogP contribution in [-0.4, -0.2) is 71.5 Å². The van der Waals surface area contributed by atoms with Crippen LogP contribution in [-0.2, 0) is 9.47 Å². The topological polar surface area (TPSA) is 83.1 Å². The zero-order valence-corrected chi connectivity index (χ0v) is 22.6. The maximum atomic E-state index is 12.4. The molecule has 0 spiro atoms. The van der Waals surface area contributed by atoms with E-state index in [9.17, 15) is 9.59 Å². The van der Waals surface area contributed by atoms with Crippen LogP contribution < -0.4 is 10.6 Å². The molecule has 0 saturated carbocycles. The summed E-state index contributed by atoms with van der Waals surface area (Å²) in [6.45, 7) is 16.2. The predicted octanol–water partition coefficient (Wildman–Crippen LogP) is 5.62. The number of carbonyl (C=O) groups is 2. The number of anilines is 2. The zero-order chi connectivity index (χ0) is 25.8. The van der Waals surface area contributed by atoms with Gasteiger partial charge in [0.05, 0.1) is 11.4 Å². The molecule has 2 aliphatic heterocycles. The van der Waals surface area contributed by atoms with Gasteiger partial charge in [-0.25, -0.2) is 9.59 Å². The Labute approximate surface area is 210 Å². The first-order chi connectivity index (χ1) is 16.3. The lowest BCUT2D eigenvalue weighted by atomic mass is 10.0. The molecule has 0 unspecified atom stereocenters. The Morgan fingerprint density at radius 3 is 1.63 bits per heavy atom. The summed E-state index contributed by atoms with van der Waals surface area (Å²) in [5.74, 6) is 0. The van der Waals surface area contributed by atoms with E-state index >= 15 is 0 Å². The lowest BCUT2D eigenvalue weighted by Crippen LogP contribution is -2.45. The Balaban J connectivity index is 1.54. The summed E-state index contributed by atoms with van der Waals surface area (Å²) in [6, 6.07) is 6.90. The third-order valence-corrected chi connectivity index (χ3v) is 6.27. The summed E-state index contributed by atoms with van der Waals surface area (Å²) in [6.07, 6.45) is 3.04. The number of nitrogens with zero attached hydrogens (tertiary/aromatic N) is 2. The number of piperidine rings is 2. The number of para-hydroxylation sites is 1. The standard InChI is InChI=1S/C27H44N4O4/c1-19-9-8-10-22(28-20-11-15-30(16-12-20)24(32)34-26(2,3)4)23(19)29-21-13-17-31(18-14-21)25(33)35-27(5,6)7/h8-10,20-21,28-29H,11-18H2,1-7H3. The van der Waals surface area contributed by atoms with Crippen LogP contribution in [0.1, 0.15) is 72.8 Å². The van der Waals surface area contributed by atoms with Crippen molar-refractivity contribution in [3.05, 3.63) is 23.8 Å². The summed E-state index contributed by atoms with van der Waals surface area (Å²) in [7, 11) is 0. The molecule has 0 atom stereocenters. The molecule has 2 heterocycles. The number of hydrogen-bond donors (Lipinski definition) is 2. The molecule has 0 aromatic heterocycles. The molecule has 0 aliphatic carbocycles. The molecular formula is C27H44N4O4. The van der Waals surface area contributed by atoms with Crippen LogP contribution in [0, 0.1) is 6.92 Å². The van der Waals surface area contributed by atoms with E-state index in [1.54, 1.807) is 9.80 Å². The highest BCUT2D eigenvalue weighted by atomic mass is 16.6. The van der Waals surface area contributed by atoms with Crippen molar-refractivity contribution < 1.29 is 19.1 Å². The third-order valence-electron chi connectivity index (χ3n) is 6.27. The molecule has 196 valence electrons. The second-order valence-electron chi connectivity index (χ2n) is 11.8. The maximum absolute atomic E-state index is 12.4. The van der Waals surface area contributed by atoms with Gasteiger partial charge in [0.15, 0.2) is 0 Å². The largest absolute Gasteiger partial charge is 0.444 e. The highest BCUT2D eigenvalue weighted by Crippen LogP contribution is 2.30. The molecule has 0 radical (unpaired) electrons. The fraction of sp³-hybridized carbons (Fsp3) is 0.704. The molecule has 0 bridgehead atoms. The van der Waals surface area contributed by atoms with Gasteiger partial charge in [-0.2, -0.15) is 0 Å². The van der Waals surface area contributed by atoms with Gasteiger partial charge in [-0.1, -0.05) is 12.1 Å². The molecule has 8 heteroatoms. The van der Waals surface area contributed by atoms with Gasteiger partial charge < -0.3 is 29.9 Å². The lowest BCUT2D eigenvalue weighted by Gasteiger charge is -2.36. The smallest absolute Gasteiger partial charge is 0.410 e. The highest BCUT2D eigenvalue weighted by Gasteiger charge is 2.29. The van der Waals surface area contributed by atoms with Crippen molar-refractivity contribution in [2.75, 3.05) is 36.8 Å². The van der Waals surface area contributed by atoms with Crippen molar-refractivity contribution >= 4 is 23.6 Å². The van der Waals surface area contributed by atoms with Crippen molar-refractivity contribution in [3.8, 4) is 0 Å². The van der Waals surface area contributed by atoms with Crippen LogP contribution in [0.3, 0.4) is 0 Å². The Morgan fingerprint density at radius 2 is 1.20 bits per heavy atom. The number of hydrogen-bond acceptors (Lipinski definition) is 6. The van der Waals surface area contributed by atoms with E-state index < -0.39 is 11.2 Å². The maximum Gasteiger partial charge on any atom is 0.410 e. The fourth-order valence-electron chi connectivity index (χ4n) is 4.47. The van der Waals surface area contributed by atoms with Gasteiger partial charge in [-0.15, -0.1) is 0 Å². The van der Waals surface area contributed by atoms with Crippen molar-refractivity contribution in [2.24, 2.45) is 0 Å². The lowest BCUT2D eigenvalue weighted by molar-refractivity contribution is 0.0199. The molecule has 1 aromatic rings. The number of likely N-dealkylation sites (tertiary alicyclic amines) is 2. The van der Waals surface area contributed by atoms with Gasteiger partial charge in [-0.3, -0.25) is 0 Å². The van der Waals surface area contributed by atoms with Gasteiger partial charge in [0, 0.05) is 38.3 Å². The van der Waals surface area contributed by atoms with Crippen molar-refractivity contribution in [3.63, 3.8) is 0 Å². The average molecular weight is 489 g/mol. The van der Waals surface area contributed by atoms with Crippen LogP contribution in [0.5, 0.6) is 0 Å². The van der Waals surface area contributed by atoms with E-state index in [0.29, 0.717) is 38.3 Å². The molecule has 2 fully saturated rings. The summed E-state index contributed by atoms with van der Waals surface area (Å²) in [4.78, 5) is 28.4. The quantitative estimate of drug-likeness (QED) is 0.573. The SMILES string of the molecule is Cc1cccc(NC2CCN(C(=O)OC(C)(C)C)CC2)c1NC1CCN(C(=O)OC(C)(C)C)CC1. The predicted molar refractivity (Wildman–Crippen MR) is 140 cm³/mol. The Bertz CT molecular complexity index is 874. The van der Waals surface area contributed by atoms with Crippen LogP contribution in [0.15, 0.2) is 18.2 Å². The molecular weight excluding hydrogens is 444 g/mol. The molecule has 2 aliphatic rings. The minimum absolute atomic E-state index is 0.230. The first-order valence-electron chi connectivity index (χ1n) is 12.9. The van der Waals surface area contributed by atoms with Crippen molar-refractivity contribution in [2.45, 2.75) is 97.4 Å². The number of aryl methyl sites for hydroxylation is 1. The van der Waals surface area contributed by atoms with Crippen LogP contribution in [0.4, 0.5) is 21.0 Å². The number of nitrogens with one attached hydrogen (secondary N) is 2. The molecule has 2 amide bonds. The zero-order valence-electron chi connectivity index (χ0n) is 22.6. The van der Waals surface area contributed by atoms with E-state index in [4.69, 9.17) is 9.47 Å². The highest BCUT2D eigenvalue weighted by molar-refractivity contribution is 5.73. The van der Waals surface area contributed by atoms with Crippen LogP contribution in [0.2, 0.25) is 0 Å². The molecule has 2 saturated heterocycles. The summed E-state index contributed by atoms with van der Waals surface area (Å²) < 4.78 is 11.0. The monoisotopic (exact) mass is 488 g/mol. The Hall–Kier alpha value is -2.64. The molecule has 1 aromatic carbocycles. The minimum atomic E-state index is -0.475. The average Bonchev–Trinajstić information content (AvgIpc) is 2.75. The van der Waals surface area contributed by atoms with Crippen molar-refractivity contribution in [1.82, 2.24) is 9.80 Å². The Kier molecular flexibility index (Phi) is 8.44. The first kappa shape index (κ1) is 27.0. The number of benzene rings is 1. The second-order valence-corrected chi connectivity index (χ2v) is 11.8. The van der Waals surface area contributed by atoms with Gasteiger partial charge >= 0.3 is 12.2 Å². The molecule has 2 N–H and O–H groups in total. The van der Waals surface area contributed by atoms with E-state index in [-0.39, 0.29) is 12.2 Å². The van der Waals surface area contributed by atoms with E-state index in [1.165, 1.54) is 5.56 Å². The van der Waals surface area contributed by atoms with Gasteiger partial charge in [0.25, 0.3) is 0 Å². The van der Waals surface area contributed by atoms with E-state index in [1.807, 2.05) is 41.5 Å². The summed E-state index contributed by atoms with van der Waals surface area (Å²) in [5, 5.41) is 7.46. The Morgan fingerprint density at radius 1 is 0.771 bits per heavy atom.